The summed E-state index contributed by atoms with van der Waals surface area (Å²) in [5, 5.41) is 9.43. The Kier molecular flexibility index (Phi) is 5.00. The number of allylic oxidation sites excluding steroid dienone is 1. The summed E-state index contributed by atoms with van der Waals surface area (Å²) in [6.07, 6.45) is 0. The standard InChI is InChI=1S/C18H16N2O3/c1-22-15-9-7-13(8-10-15)17(20)16(11-19)12-3-5-14(6-4-12)18(21)23-2/h3-10H,20H2,1-2H3/b17-16-. The molecular weight excluding hydrogens is 292 g/mol. The maximum absolute atomic E-state index is 11.4. The van der Waals surface area contributed by atoms with Gasteiger partial charge in [0.2, 0.25) is 0 Å². The van der Waals surface area contributed by atoms with Crippen LogP contribution in [0.5, 0.6) is 5.75 Å². The fraction of sp³-hybridized carbons (Fsp3) is 0.111. The molecule has 0 aromatic heterocycles. The van der Waals surface area contributed by atoms with Crippen LogP contribution in [-0.4, -0.2) is 20.2 Å². The number of hydrogen-bond acceptors (Lipinski definition) is 5. The Balaban J connectivity index is 2.40. The van der Waals surface area contributed by atoms with Gasteiger partial charge in [0.15, 0.2) is 0 Å². The van der Waals surface area contributed by atoms with Gasteiger partial charge in [0.05, 0.1) is 31.1 Å². The largest absolute Gasteiger partial charge is 0.497 e. The van der Waals surface area contributed by atoms with Crippen LogP contribution in [-0.2, 0) is 4.74 Å². The van der Waals surface area contributed by atoms with Crippen LogP contribution in [0.4, 0.5) is 0 Å². The Morgan fingerprint density at radius 3 is 1.96 bits per heavy atom. The van der Waals surface area contributed by atoms with Crippen molar-refractivity contribution in [3.63, 3.8) is 0 Å². The van der Waals surface area contributed by atoms with Crippen LogP contribution in [0.25, 0.3) is 11.3 Å². The van der Waals surface area contributed by atoms with Crippen molar-refractivity contribution >= 4 is 17.2 Å². The van der Waals surface area contributed by atoms with Gasteiger partial charge in [-0.1, -0.05) is 12.1 Å². The van der Waals surface area contributed by atoms with Gasteiger partial charge >= 0.3 is 5.97 Å². The molecule has 0 aliphatic rings. The van der Waals surface area contributed by atoms with Gasteiger partial charge in [-0.05, 0) is 47.5 Å². The summed E-state index contributed by atoms with van der Waals surface area (Å²) in [6, 6.07) is 15.8. The number of ether oxygens (including phenoxy) is 2. The summed E-state index contributed by atoms with van der Waals surface area (Å²) in [5.74, 6) is 0.282. The molecule has 2 N–H and O–H groups in total. The molecule has 0 heterocycles. The first-order valence-electron chi connectivity index (χ1n) is 6.83. The predicted octanol–water partition coefficient (Wildman–Crippen LogP) is 2.83. The number of rotatable bonds is 4. The molecule has 0 aliphatic heterocycles. The van der Waals surface area contributed by atoms with Crippen LogP contribution in [0.1, 0.15) is 21.5 Å². The zero-order chi connectivity index (χ0) is 16.8. The predicted molar refractivity (Wildman–Crippen MR) is 87.4 cm³/mol. The highest BCUT2D eigenvalue weighted by Crippen LogP contribution is 2.24. The van der Waals surface area contributed by atoms with E-state index >= 15 is 0 Å². The highest BCUT2D eigenvalue weighted by molar-refractivity contribution is 5.97. The van der Waals surface area contributed by atoms with E-state index in [2.05, 4.69) is 10.8 Å². The number of benzene rings is 2. The van der Waals surface area contributed by atoms with Gasteiger partial charge in [0.1, 0.15) is 11.8 Å². The molecule has 2 rings (SSSR count). The lowest BCUT2D eigenvalue weighted by Gasteiger charge is -2.08. The monoisotopic (exact) mass is 308 g/mol. The minimum Gasteiger partial charge on any atom is -0.497 e. The minimum absolute atomic E-state index is 0.339. The topological polar surface area (TPSA) is 85.3 Å². The third-order valence-electron chi connectivity index (χ3n) is 3.38. The lowest BCUT2D eigenvalue weighted by Crippen LogP contribution is -2.03. The van der Waals surface area contributed by atoms with Crippen molar-refractivity contribution in [2.75, 3.05) is 14.2 Å². The summed E-state index contributed by atoms with van der Waals surface area (Å²) in [6.45, 7) is 0. The van der Waals surface area contributed by atoms with Gasteiger partial charge in [-0.2, -0.15) is 5.26 Å². The van der Waals surface area contributed by atoms with Gasteiger partial charge < -0.3 is 15.2 Å². The second-order valence-corrected chi connectivity index (χ2v) is 4.70. The van der Waals surface area contributed by atoms with Crippen molar-refractivity contribution in [3.8, 4) is 11.8 Å². The molecule has 0 aliphatic carbocycles. The third kappa shape index (κ3) is 3.50. The molecule has 116 valence electrons. The van der Waals surface area contributed by atoms with E-state index in [1.165, 1.54) is 7.11 Å². The van der Waals surface area contributed by atoms with Crippen LogP contribution < -0.4 is 10.5 Å². The second kappa shape index (κ2) is 7.14. The van der Waals surface area contributed by atoms with Crippen LogP contribution >= 0.6 is 0 Å². The van der Waals surface area contributed by atoms with Gasteiger partial charge in [-0.25, -0.2) is 4.79 Å². The van der Waals surface area contributed by atoms with Crippen molar-refractivity contribution in [2.45, 2.75) is 0 Å². The zero-order valence-corrected chi connectivity index (χ0v) is 12.9. The molecule has 0 fully saturated rings. The average Bonchev–Trinajstić information content (AvgIpc) is 2.62. The van der Waals surface area contributed by atoms with E-state index in [4.69, 9.17) is 10.5 Å². The fourth-order valence-electron chi connectivity index (χ4n) is 2.09. The first-order valence-corrected chi connectivity index (χ1v) is 6.83. The summed E-state index contributed by atoms with van der Waals surface area (Å²) in [5.41, 5.74) is 8.59. The van der Waals surface area contributed by atoms with Gasteiger partial charge in [-0.15, -0.1) is 0 Å². The van der Waals surface area contributed by atoms with Crippen LogP contribution in [0.2, 0.25) is 0 Å². The maximum Gasteiger partial charge on any atom is 0.337 e. The summed E-state index contributed by atoms with van der Waals surface area (Å²) >= 11 is 0. The van der Waals surface area contributed by atoms with Crippen molar-refractivity contribution in [1.82, 2.24) is 0 Å². The van der Waals surface area contributed by atoms with E-state index in [1.54, 1.807) is 55.6 Å². The number of carbonyl (C=O) groups excluding carboxylic acids is 1. The molecule has 23 heavy (non-hydrogen) atoms. The quantitative estimate of drug-likeness (QED) is 0.533. The van der Waals surface area contributed by atoms with E-state index in [1.807, 2.05) is 0 Å². The lowest BCUT2D eigenvalue weighted by molar-refractivity contribution is 0.0600. The lowest BCUT2D eigenvalue weighted by atomic mass is 10.00. The first kappa shape index (κ1) is 16.1. The molecule has 2 aromatic carbocycles. The number of nitrogens with zero attached hydrogens (tertiary/aromatic N) is 1. The van der Waals surface area contributed by atoms with E-state index in [-0.39, 0.29) is 0 Å². The van der Waals surface area contributed by atoms with Crippen molar-refractivity contribution in [1.29, 1.82) is 5.26 Å². The molecule has 0 bridgehead atoms. The molecule has 0 saturated carbocycles. The number of methoxy groups -OCH3 is 2. The minimum atomic E-state index is -0.429. The Bertz CT molecular complexity index is 769. The Hall–Kier alpha value is -3.26. The fourth-order valence-corrected chi connectivity index (χ4v) is 2.09. The van der Waals surface area contributed by atoms with Crippen molar-refractivity contribution in [2.24, 2.45) is 5.73 Å². The Morgan fingerprint density at radius 2 is 1.48 bits per heavy atom. The smallest absolute Gasteiger partial charge is 0.337 e. The first-order chi connectivity index (χ1) is 11.1. The van der Waals surface area contributed by atoms with Gasteiger partial charge in [-0.3, -0.25) is 0 Å². The van der Waals surface area contributed by atoms with Crippen LogP contribution in [0, 0.1) is 11.3 Å². The second-order valence-electron chi connectivity index (χ2n) is 4.70. The summed E-state index contributed by atoms with van der Waals surface area (Å²) in [4.78, 5) is 11.4. The zero-order valence-electron chi connectivity index (χ0n) is 12.9. The molecule has 5 heteroatoms. The number of carbonyl (C=O) groups is 1. The van der Waals surface area contributed by atoms with E-state index in [0.717, 1.165) is 5.56 Å². The Morgan fingerprint density at radius 1 is 0.957 bits per heavy atom. The molecule has 0 amide bonds. The van der Waals surface area contributed by atoms with Gasteiger partial charge in [0, 0.05) is 0 Å². The highest BCUT2D eigenvalue weighted by atomic mass is 16.5. The Labute approximate surface area is 134 Å². The van der Waals surface area contributed by atoms with Gasteiger partial charge in [0.25, 0.3) is 0 Å². The third-order valence-corrected chi connectivity index (χ3v) is 3.38. The highest BCUT2D eigenvalue weighted by Gasteiger charge is 2.11. The maximum atomic E-state index is 11.4. The number of hydrogen-bond donors (Lipinski definition) is 1. The van der Waals surface area contributed by atoms with Crippen LogP contribution in [0.3, 0.4) is 0 Å². The number of nitrogens with two attached hydrogens (primary N) is 1. The molecule has 5 nitrogen and oxygen atoms in total. The molecule has 2 aromatic rings. The molecule has 0 saturated heterocycles. The normalized spacial score (nSPS) is 11.2. The van der Waals surface area contributed by atoms with E-state index in [0.29, 0.717) is 28.1 Å². The van der Waals surface area contributed by atoms with E-state index in [9.17, 15) is 10.1 Å². The molecule has 0 atom stereocenters. The molecule has 0 radical (unpaired) electrons. The number of esters is 1. The summed E-state index contributed by atoms with van der Waals surface area (Å²) < 4.78 is 9.75. The number of nitriles is 1. The SMILES string of the molecule is COC(=O)c1ccc(/C(C#N)=C(\N)c2ccc(OC)cc2)cc1. The molecular formula is C18H16N2O3. The molecule has 0 unspecified atom stereocenters. The molecule has 0 spiro atoms. The van der Waals surface area contributed by atoms with Crippen LogP contribution in [0.15, 0.2) is 48.5 Å². The van der Waals surface area contributed by atoms with Crippen molar-refractivity contribution < 1.29 is 14.3 Å². The summed E-state index contributed by atoms with van der Waals surface area (Å²) in [7, 11) is 2.90. The average molecular weight is 308 g/mol. The van der Waals surface area contributed by atoms with Crippen molar-refractivity contribution in [3.05, 3.63) is 65.2 Å². The van der Waals surface area contributed by atoms with E-state index < -0.39 is 5.97 Å².